The van der Waals surface area contributed by atoms with E-state index in [1.54, 1.807) is 4.90 Å². The highest BCUT2D eigenvalue weighted by Crippen LogP contribution is 2.41. The predicted molar refractivity (Wildman–Crippen MR) is 105 cm³/mol. The van der Waals surface area contributed by atoms with Gasteiger partial charge in [-0.25, -0.2) is 4.39 Å². The third-order valence-electron chi connectivity index (χ3n) is 5.67. The summed E-state index contributed by atoms with van der Waals surface area (Å²) in [5, 5.41) is 0.106. The standard InChI is InChI=1S/C22H21ClFNO3/c1-13-10-14(2)19-17(26)12-22(28-18(19)11-13)6-8-25(9-7-22)21(27)20-15(23)4-3-5-16(20)24/h3-5,10-11H,6-9,12H2,1-2H3. The molecular formula is C22H21ClFNO3. The zero-order valence-corrected chi connectivity index (χ0v) is 16.6. The van der Waals surface area contributed by atoms with Gasteiger partial charge < -0.3 is 9.64 Å². The van der Waals surface area contributed by atoms with Crippen molar-refractivity contribution in [1.82, 2.24) is 4.90 Å². The van der Waals surface area contributed by atoms with E-state index in [9.17, 15) is 14.0 Å². The number of ether oxygens (including phenoxy) is 1. The molecule has 1 fully saturated rings. The van der Waals surface area contributed by atoms with Crippen LogP contribution in [0.1, 0.15) is 51.1 Å². The number of fused-ring (bicyclic) bond motifs is 1. The number of nitrogens with zero attached hydrogens (tertiary/aromatic N) is 1. The van der Waals surface area contributed by atoms with Gasteiger partial charge in [0.15, 0.2) is 5.78 Å². The third-order valence-corrected chi connectivity index (χ3v) is 5.99. The van der Waals surface area contributed by atoms with Gasteiger partial charge >= 0.3 is 0 Å². The van der Waals surface area contributed by atoms with E-state index < -0.39 is 17.3 Å². The molecule has 0 N–H and O–H groups in total. The van der Waals surface area contributed by atoms with Crippen molar-refractivity contribution in [3.8, 4) is 5.75 Å². The Hall–Kier alpha value is -2.40. The van der Waals surface area contributed by atoms with Crippen molar-refractivity contribution < 1.29 is 18.7 Å². The maximum atomic E-state index is 14.1. The molecule has 0 radical (unpaired) electrons. The number of carbonyl (C=O) groups excluding carboxylic acids is 2. The van der Waals surface area contributed by atoms with E-state index in [1.807, 2.05) is 26.0 Å². The molecule has 2 aromatic rings. The highest BCUT2D eigenvalue weighted by molar-refractivity contribution is 6.33. The van der Waals surface area contributed by atoms with Crippen LogP contribution in [-0.2, 0) is 0 Å². The highest BCUT2D eigenvalue weighted by Gasteiger charge is 2.44. The van der Waals surface area contributed by atoms with E-state index in [-0.39, 0.29) is 16.4 Å². The largest absolute Gasteiger partial charge is 0.486 e. The first kappa shape index (κ1) is 18.9. The molecule has 4 rings (SSSR count). The minimum atomic E-state index is -0.623. The number of piperidine rings is 1. The van der Waals surface area contributed by atoms with Crippen molar-refractivity contribution in [3.05, 3.63) is 63.4 Å². The summed E-state index contributed by atoms with van der Waals surface area (Å²) < 4.78 is 20.4. The van der Waals surface area contributed by atoms with Crippen LogP contribution in [0.5, 0.6) is 5.75 Å². The molecule has 0 aliphatic carbocycles. The Balaban J connectivity index is 1.54. The normalized spacial score (nSPS) is 18.0. The summed E-state index contributed by atoms with van der Waals surface area (Å²) >= 11 is 6.03. The second-order valence-electron chi connectivity index (χ2n) is 7.73. The van der Waals surface area contributed by atoms with Crippen molar-refractivity contribution in [2.45, 2.75) is 38.7 Å². The topological polar surface area (TPSA) is 46.6 Å². The fraction of sp³-hybridized carbons (Fsp3) is 0.364. The average Bonchev–Trinajstić information content (AvgIpc) is 2.61. The monoisotopic (exact) mass is 401 g/mol. The van der Waals surface area contributed by atoms with Crippen LogP contribution in [0, 0.1) is 19.7 Å². The molecule has 2 aliphatic rings. The third kappa shape index (κ3) is 3.18. The van der Waals surface area contributed by atoms with Crippen LogP contribution in [0.2, 0.25) is 5.02 Å². The molecule has 2 heterocycles. The summed E-state index contributed by atoms with van der Waals surface area (Å²) in [5.41, 5.74) is 1.92. The lowest BCUT2D eigenvalue weighted by Gasteiger charge is -2.44. The number of aryl methyl sites for hydroxylation is 2. The molecule has 4 nitrogen and oxygen atoms in total. The molecule has 0 bridgehead atoms. The van der Waals surface area contributed by atoms with Crippen LogP contribution >= 0.6 is 11.6 Å². The molecule has 1 spiro atoms. The minimum absolute atomic E-state index is 0.0793. The quantitative estimate of drug-likeness (QED) is 0.693. The van der Waals surface area contributed by atoms with Crippen LogP contribution in [-0.4, -0.2) is 35.3 Å². The van der Waals surface area contributed by atoms with E-state index >= 15 is 0 Å². The summed E-state index contributed by atoms with van der Waals surface area (Å²) in [7, 11) is 0. The van der Waals surface area contributed by atoms with Gasteiger partial charge in [0.25, 0.3) is 5.91 Å². The Morgan fingerprint density at radius 1 is 1.21 bits per heavy atom. The van der Waals surface area contributed by atoms with Crippen LogP contribution in [0.15, 0.2) is 30.3 Å². The number of carbonyl (C=O) groups is 2. The summed E-state index contributed by atoms with van der Waals surface area (Å²) in [4.78, 5) is 27.1. The Bertz CT molecular complexity index is 960. The Kier molecular flexibility index (Phi) is 4.66. The fourth-order valence-electron chi connectivity index (χ4n) is 4.27. The van der Waals surface area contributed by atoms with Gasteiger partial charge in [-0.15, -0.1) is 0 Å². The van der Waals surface area contributed by atoms with Gasteiger partial charge in [0.1, 0.15) is 17.2 Å². The number of amides is 1. The van der Waals surface area contributed by atoms with Crippen LogP contribution in [0.25, 0.3) is 0 Å². The van der Waals surface area contributed by atoms with Crippen molar-refractivity contribution in [3.63, 3.8) is 0 Å². The average molecular weight is 402 g/mol. The van der Waals surface area contributed by atoms with Gasteiger partial charge in [0, 0.05) is 25.9 Å². The van der Waals surface area contributed by atoms with Crippen LogP contribution in [0.3, 0.4) is 0 Å². The molecule has 0 saturated carbocycles. The van der Waals surface area contributed by atoms with Crippen LogP contribution < -0.4 is 4.74 Å². The number of benzene rings is 2. The first-order chi connectivity index (χ1) is 13.3. The molecule has 1 saturated heterocycles. The van der Waals surface area contributed by atoms with Gasteiger partial charge in [0.2, 0.25) is 0 Å². The molecule has 0 aromatic heterocycles. The molecular weight excluding hydrogens is 381 g/mol. The lowest BCUT2D eigenvalue weighted by Crippen LogP contribution is -2.52. The molecule has 2 aromatic carbocycles. The van der Waals surface area contributed by atoms with Gasteiger partial charge in [0.05, 0.1) is 22.6 Å². The van der Waals surface area contributed by atoms with Crippen LogP contribution in [0.4, 0.5) is 4.39 Å². The van der Waals surface area contributed by atoms with E-state index in [4.69, 9.17) is 16.3 Å². The second kappa shape index (κ2) is 6.89. The maximum Gasteiger partial charge on any atom is 0.258 e. The molecule has 28 heavy (non-hydrogen) atoms. The Labute approximate surface area is 168 Å². The number of Topliss-reactive ketones (excluding diaryl/α,β-unsaturated/α-hetero) is 1. The second-order valence-corrected chi connectivity index (χ2v) is 8.14. The molecule has 6 heteroatoms. The molecule has 1 amide bonds. The van der Waals surface area contributed by atoms with Gasteiger partial charge in [-0.3, -0.25) is 9.59 Å². The Morgan fingerprint density at radius 3 is 2.61 bits per heavy atom. The zero-order valence-electron chi connectivity index (χ0n) is 15.9. The van der Waals surface area contributed by atoms with E-state index in [1.165, 1.54) is 18.2 Å². The molecule has 0 atom stereocenters. The number of hydrogen-bond acceptors (Lipinski definition) is 3. The number of likely N-dealkylation sites (tertiary alicyclic amines) is 1. The van der Waals surface area contributed by atoms with Gasteiger partial charge in [-0.2, -0.15) is 0 Å². The molecule has 146 valence electrons. The fourth-order valence-corrected chi connectivity index (χ4v) is 4.52. The molecule has 0 unspecified atom stereocenters. The maximum absolute atomic E-state index is 14.1. The predicted octanol–water partition coefficient (Wildman–Crippen LogP) is 4.74. The minimum Gasteiger partial charge on any atom is -0.486 e. The summed E-state index contributed by atoms with van der Waals surface area (Å²) in [6, 6.07) is 8.10. The number of rotatable bonds is 1. The van der Waals surface area contributed by atoms with Crippen molar-refractivity contribution in [2.24, 2.45) is 0 Å². The first-order valence-corrected chi connectivity index (χ1v) is 9.74. The van der Waals surface area contributed by atoms with Crippen molar-refractivity contribution >= 4 is 23.3 Å². The van der Waals surface area contributed by atoms with E-state index in [2.05, 4.69) is 0 Å². The van der Waals surface area contributed by atoms with Gasteiger partial charge in [-0.05, 0) is 43.2 Å². The zero-order chi connectivity index (χ0) is 20.1. The van der Waals surface area contributed by atoms with E-state index in [0.717, 1.165) is 11.1 Å². The summed E-state index contributed by atoms with van der Waals surface area (Å²) in [5.74, 6) is -0.338. The smallest absolute Gasteiger partial charge is 0.258 e. The summed E-state index contributed by atoms with van der Waals surface area (Å²) in [6.07, 6.45) is 1.33. The lowest BCUT2D eigenvalue weighted by atomic mass is 9.81. The first-order valence-electron chi connectivity index (χ1n) is 9.36. The Morgan fingerprint density at radius 2 is 1.93 bits per heavy atom. The highest BCUT2D eigenvalue weighted by atomic mass is 35.5. The molecule has 2 aliphatic heterocycles. The number of halogens is 2. The lowest BCUT2D eigenvalue weighted by molar-refractivity contribution is -0.00588. The number of hydrogen-bond donors (Lipinski definition) is 0. The number of ketones is 1. The van der Waals surface area contributed by atoms with E-state index in [0.29, 0.717) is 43.7 Å². The SMILES string of the molecule is Cc1cc(C)c2c(c1)OC1(CCN(C(=O)c3c(F)cccc3Cl)CC1)CC2=O. The summed E-state index contributed by atoms with van der Waals surface area (Å²) in [6.45, 7) is 4.67. The van der Waals surface area contributed by atoms with Crippen molar-refractivity contribution in [1.29, 1.82) is 0 Å². The van der Waals surface area contributed by atoms with Gasteiger partial charge in [-0.1, -0.05) is 23.7 Å². The van der Waals surface area contributed by atoms with Crippen molar-refractivity contribution in [2.75, 3.05) is 13.1 Å².